The van der Waals surface area contributed by atoms with Gasteiger partial charge >= 0.3 is 5.97 Å². The fraction of sp³-hybridized carbons (Fsp3) is 0.381. The van der Waals surface area contributed by atoms with E-state index in [1.807, 2.05) is 88.0 Å². The third kappa shape index (κ3) is 5.41. The number of hydrogen-bond acceptors (Lipinski definition) is 5. The van der Waals surface area contributed by atoms with E-state index in [0.29, 0.717) is 0 Å². The van der Waals surface area contributed by atoms with Gasteiger partial charge in [-0.25, -0.2) is 0 Å². The molecule has 1 unspecified atom stereocenters. The van der Waals surface area contributed by atoms with Crippen LogP contribution in [0.15, 0.2) is 58.8 Å². The first-order chi connectivity index (χ1) is 12.4. The van der Waals surface area contributed by atoms with Crippen molar-refractivity contribution in [3.05, 3.63) is 54.1 Å². The van der Waals surface area contributed by atoms with Crippen LogP contribution >= 0.6 is 0 Å². The topological polar surface area (TPSA) is 54.3 Å². The zero-order valence-electron chi connectivity index (χ0n) is 16.1. The van der Waals surface area contributed by atoms with Gasteiger partial charge < -0.3 is 9.64 Å². The third-order valence-corrected chi connectivity index (χ3v) is 4.03. The predicted octanol–water partition coefficient (Wildman–Crippen LogP) is 5.78. The Morgan fingerprint density at radius 1 is 0.962 bits per heavy atom. The summed E-state index contributed by atoms with van der Waals surface area (Å²) in [5.74, 6) is -0.333. The first-order valence-corrected chi connectivity index (χ1v) is 8.96. The predicted molar refractivity (Wildman–Crippen MR) is 105 cm³/mol. The van der Waals surface area contributed by atoms with Gasteiger partial charge in [0, 0.05) is 12.2 Å². The molecule has 0 amide bonds. The van der Waals surface area contributed by atoms with Gasteiger partial charge in [0.05, 0.1) is 17.3 Å². The molecule has 0 bridgehead atoms. The van der Waals surface area contributed by atoms with Crippen LogP contribution in [0.2, 0.25) is 0 Å². The summed E-state index contributed by atoms with van der Waals surface area (Å²) in [6, 6.07) is 15.7. The normalized spacial score (nSPS) is 12.4. The minimum atomic E-state index is -0.324. The fourth-order valence-corrected chi connectivity index (χ4v) is 2.46. The zero-order chi connectivity index (χ0) is 19.1. The monoisotopic (exact) mass is 353 g/mol. The van der Waals surface area contributed by atoms with E-state index < -0.39 is 0 Å². The molecule has 0 saturated heterocycles. The Hall–Kier alpha value is -2.69. The first kappa shape index (κ1) is 19.6. The van der Waals surface area contributed by atoms with Crippen molar-refractivity contribution in [2.24, 2.45) is 16.1 Å². The van der Waals surface area contributed by atoms with Crippen LogP contribution in [0.5, 0.6) is 0 Å². The van der Waals surface area contributed by atoms with Crippen molar-refractivity contribution in [3.8, 4) is 0 Å². The fourth-order valence-electron chi connectivity index (χ4n) is 2.46. The van der Waals surface area contributed by atoms with Crippen LogP contribution in [0.25, 0.3) is 0 Å². The lowest BCUT2D eigenvalue weighted by Crippen LogP contribution is -2.37. The summed E-state index contributed by atoms with van der Waals surface area (Å²) in [4.78, 5) is 13.9. The summed E-state index contributed by atoms with van der Waals surface area (Å²) < 4.78 is 5.51. The highest BCUT2D eigenvalue weighted by atomic mass is 16.6. The molecule has 0 saturated carbocycles. The van der Waals surface area contributed by atoms with E-state index in [-0.39, 0.29) is 18.1 Å². The van der Waals surface area contributed by atoms with Crippen LogP contribution < -0.4 is 4.90 Å². The minimum Gasteiger partial charge on any atom is -0.442 e. The quantitative estimate of drug-likeness (QED) is 0.360. The molecule has 0 aliphatic carbocycles. The number of ether oxygens (including phenoxy) is 1. The lowest BCUT2D eigenvalue weighted by molar-refractivity contribution is -0.151. The summed E-state index contributed by atoms with van der Waals surface area (Å²) in [6.07, 6.45) is -0.324. The second-order valence-electron chi connectivity index (χ2n) is 6.53. The second-order valence-corrected chi connectivity index (χ2v) is 6.53. The van der Waals surface area contributed by atoms with Gasteiger partial charge in [0.15, 0.2) is 6.23 Å². The molecule has 5 heteroatoms. The molecule has 0 spiro atoms. The maximum atomic E-state index is 11.8. The van der Waals surface area contributed by atoms with Gasteiger partial charge in [-0.3, -0.25) is 4.79 Å². The number of carbonyl (C=O) groups is 1. The van der Waals surface area contributed by atoms with Gasteiger partial charge in [-0.15, -0.1) is 0 Å². The lowest BCUT2D eigenvalue weighted by Gasteiger charge is -2.30. The number of carbonyl (C=O) groups excluding carboxylic acids is 1. The second kappa shape index (κ2) is 9.13. The van der Waals surface area contributed by atoms with E-state index in [9.17, 15) is 4.79 Å². The summed E-state index contributed by atoms with van der Waals surface area (Å²) in [6.45, 7) is 10.4. The number of azo groups is 1. The highest BCUT2D eigenvalue weighted by Gasteiger charge is 2.18. The molecule has 0 N–H and O–H groups in total. The Morgan fingerprint density at radius 2 is 1.46 bits per heavy atom. The van der Waals surface area contributed by atoms with Gasteiger partial charge in [-0.2, -0.15) is 10.2 Å². The Labute approximate surface area is 155 Å². The number of anilines is 1. The molecule has 2 aromatic rings. The number of hydrogen-bond donors (Lipinski definition) is 0. The summed E-state index contributed by atoms with van der Waals surface area (Å²) in [5.41, 5.74) is 3.77. The average Bonchev–Trinajstić information content (AvgIpc) is 2.62. The van der Waals surface area contributed by atoms with Crippen LogP contribution in [0.1, 0.15) is 33.3 Å². The molecule has 2 rings (SSSR count). The Balaban J connectivity index is 2.06. The van der Waals surface area contributed by atoms with Crippen molar-refractivity contribution in [2.75, 3.05) is 11.4 Å². The zero-order valence-corrected chi connectivity index (χ0v) is 16.1. The first-order valence-electron chi connectivity index (χ1n) is 8.96. The number of aryl methyl sites for hydroxylation is 1. The highest BCUT2D eigenvalue weighted by Crippen LogP contribution is 2.24. The van der Waals surface area contributed by atoms with Crippen molar-refractivity contribution in [1.82, 2.24) is 0 Å². The summed E-state index contributed by atoms with van der Waals surface area (Å²) in [5, 5.41) is 8.52. The molecule has 138 valence electrons. The van der Waals surface area contributed by atoms with Crippen LogP contribution in [0.4, 0.5) is 17.1 Å². The maximum Gasteiger partial charge on any atom is 0.310 e. The van der Waals surface area contributed by atoms with Gasteiger partial charge in [-0.1, -0.05) is 31.5 Å². The van der Waals surface area contributed by atoms with Crippen molar-refractivity contribution in [1.29, 1.82) is 0 Å². The van der Waals surface area contributed by atoms with Crippen molar-refractivity contribution in [3.63, 3.8) is 0 Å². The van der Waals surface area contributed by atoms with Gasteiger partial charge in [0.25, 0.3) is 0 Å². The van der Waals surface area contributed by atoms with Crippen molar-refractivity contribution in [2.45, 2.75) is 40.8 Å². The molecule has 5 nitrogen and oxygen atoms in total. The molecular formula is C21H27N3O2. The Morgan fingerprint density at radius 3 is 1.92 bits per heavy atom. The van der Waals surface area contributed by atoms with E-state index >= 15 is 0 Å². The van der Waals surface area contributed by atoms with Crippen LogP contribution in [0.3, 0.4) is 0 Å². The average molecular weight is 353 g/mol. The molecule has 0 aliphatic heterocycles. The van der Waals surface area contributed by atoms with Crippen LogP contribution in [0, 0.1) is 12.8 Å². The Kier molecular flexibility index (Phi) is 6.89. The third-order valence-electron chi connectivity index (χ3n) is 4.03. The highest BCUT2D eigenvalue weighted by molar-refractivity contribution is 5.72. The van der Waals surface area contributed by atoms with E-state index in [4.69, 9.17) is 4.74 Å². The molecular weight excluding hydrogens is 326 g/mol. The molecule has 26 heavy (non-hydrogen) atoms. The molecule has 0 radical (unpaired) electrons. The molecule has 0 aliphatic rings. The van der Waals surface area contributed by atoms with Crippen LogP contribution in [-0.4, -0.2) is 18.7 Å². The van der Waals surface area contributed by atoms with Crippen molar-refractivity contribution >= 4 is 23.0 Å². The van der Waals surface area contributed by atoms with Gasteiger partial charge in [-0.05, 0) is 57.2 Å². The molecule has 2 aromatic carbocycles. The number of esters is 1. The number of rotatable bonds is 7. The smallest absolute Gasteiger partial charge is 0.310 e. The maximum absolute atomic E-state index is 11.8. The Bertz CT molecular complexity index is 737. The molecule has 0 aromatic heterocycles. The standard InChI is InChI=1S/C21H27N3O2/c1-6-24(17(5)26-21(25)15(2)3)20-13-11-19(12-14-20)23-22-18-9-7-16(4)8-10-18/h7-15,17H,6H2,1-5H3/b23-22+. The SMILES string of the molecule is CCN(c1ccc(/N=N/c2ccc(C)cc2)cc1)C(C)OC(=O)C(C)C. The van der Waals surface area contributed by atoms with Gasteiger partial charge in [0.2, 0.25) is 0 Å². The number of nitrogens with zero attached hydrogens (tertiary/aromatic N) is 3. The lowest BCUT2D eigenvalue weighted by atomic mass is 10.2. The van der Waals surface area contributed by atoms with Gasteiger partial charge in [0.1, 0.15) is 0 Å². The molecule has 0 fully saturated rings. The molecule has 0 heterocycles. The van der Waals surface area contributed by atoms with Crippen LogP contribution in [-0.2, 0) is 9.53 Å². The van der Waals surface area contributed by atoms with E-state index in [2.05, 4.69) is 10.2 Å². The van der Waals surface area contributed by atoms with E-state index in [1.165, 1.54) is 5.56 Å². The number of benzene rings is 2. The summed E-state index contributed by atoms with van der Waals surface area (Å²) >= 11 is 0. The largest absolute Gasteiger partial charge is 0.442 e. The molecule has 1 atom stereocenters. The van der Waals surface area contributed by atoms with E-state index in [0.717, 1.165) is 23.6 Å². The van der Waals surface area contributed by atoms with E-state index in [1.54, 1.807) is 0 Å². The van der Waals surface area contributed by atoms with Crippen molar-refractivity contribution < 1.29 is 9.53 Å². The summed E-state index contributed by atoms with van der Waals surface area (Å²) in [7, 11) is 0. The minimum absolute atomic E-state index is 0.138.